The third-order valence-electron chi connectivity index (χ3n) is 3.41. The van der Waals surface area contributed by atoms with Crippen molar-refractivity contribution in [3.8, 4) is 11.3 Å². The van der Waals surface area contributed by atoms with Crippen LogP contribution in [0.1, 0.15) is 20.7 Å². The maximum Gasteiger partial charge on any atom is 0.337 e. The molecule has 1 N–H and O–H groups in total. The van der Waals surface area contributed by atoms with Crippen LogP contribution in [0.2, 0.25) is 0 Å². The number of aromatic nitrogens is 1. The Bertz CT molecular complexity index is 922. The number of esters is 1. The monoisotopic (exact) mass is 416 g/mol. The van der Waals surface area contributed by atoms with Gasteiger partial charge in [0.1, 0.15) is 0 Å². The summed E-state index contributed by atoms with van der Waals surface area (Å²) in [6.45, 7) is 0. The molecule has 0 aliphatic heterocycles. The summed E-state index contributed by atoms with van der Waals surface area (Å²) in [7, 11) is 1.31. The summed E-state index contributed by atoms with van der Waals surface area (Å²) in [5, 5.41) is 5.16. The number of ether oxygens (including phenoxy) is 1. The first kappa shape index (κ1) is 17.3. The highest BCUT2D eigenvalue weighted by molar-refractivity contribution is 9.10. The first-order chi connectivity index (χ1) is 12.1. The average molecular weight is 417 g/mol. The number of amides is 1. The summed E-state index contributed by atoms with van der Waals surface area (Å²) >= 11 is 4.78. The van der Waals surface area contributed by atoms with Gasteiger partial charge in [0.15, 0.2) is 5.13 Å². The van der Waals surface area contributed by atoms with E-state index in [2.05, 4.69) is 31.0 Å². The van der Waals surface area contributed by atoms with Crippen LogP contribution in [0.25, 0.3) is 11.3 Å². The summed E-state index contributed by atoms with van der Waals surface area (Å²) in [5.74, 6) is -0.725. The zero-order valence-electron chi connectivity index (χ0n) is 13.2. The van der Waals surface area contributed by atoms with Crippen LogP contribution in [-0.2, 0) is 4.74 Å². The zero-order valence-corrected chi connectivity index (χ0v) is 15.6. The number of benzene rings is 2. The lowest BCUT2D eigenvalue weighted by Gasteiger charge is -2.03. The van der Waals surface area contributed by atoms with Crippen molar-refractivity contribution in [3.63, 3.8) is 0 Å². The minimum atomic E-state index is -0.439. The number of methoxy groups -OCH3 is 1. The lowest BCUT2D eigenvalue weighted by Crippen LogP contribution is -2.12. The van der Waals surface area contributed by atoms with Crippen LogP contribution < -0.4 is 5.32 Å². The third-order valence-corrected chi connectivity index (χ3v) is 4.66. The molecular weight excluding hydrogens is 404 g/mol. The van der Waals surface area contributed by atoms with Crippen LogP contribution in [0, 0.1) is 0 Å². The van der Waals surface area contributed by atoms with Crippen molar-refractivity contribution in [1.29, 1.82) is 0 Å². The van der Waals surface area contributed by atoms with Gasteiger partial charge in [0.05, 0.1) is 18.4 Å². The van der Waals surface area contributed by atoms with Gasteiger partial charge in [-0.05, 0) is 36.4 Å². The van der Waals surface area contributed by atoms with Crippen LogP contribution in [-0.4, -0.2) is 24.0 Å². The van der Waals surface area contributed by atoms with Crippen molar-refractivity contribution in [2.24, 2.45) is 0 Å². The molecule has 0 saturated heterocycles. The number of hydrogen-bond acceptors (Lipinski definition) is 5. The highest BCUT2D eigenvalue weighted by Gasteiger charge is 2.12. The average Bonchev–Trinajstić information content (AvgIpc) is 3.09. The van der Waals surface area contributed by atoms with E-state index in [1.165, 1.54) is 18.4 Å². The van der Waals surface area contributed by atoms with Crippen molar-refractivity contribution in [1.82, 2.24) is 4.98 Å². The minimum Gasteiger partial charge on any atom is -0.465 e. The number of carbonyl (C=O) groups is 2. The highest BCUT2D eigenvalue weighted by atomic mass is 79.9. The van der Waals surface area contributed by atoms with Gasteiger partial charge in [-0.2, -0.15) is 0 Å². The van der Waals surface area contributed by atoms with Gasteiger partial charge in [-0.3, -0.25) is 10.1 Å². The fourth-order valence-electron chi connectivity index (χ4n) is 2.16. The van der Waals surface area contributed by atoms with E-state index in [0.29, 0.717) is 16.3 Å². The van der Waals surface area contributed by atoms with Gasteiger partial charge in [0.25, 0.3) is 5.91 Å². The van der Waals surface area contributed by atoms with Crippen molar-refractivity contribution in [3.05, 3.63) is 69.5 Å². The second-order valence-electron chi connectivity index (χ2n) is 5.07. The molecule has 0 aliphatic rings. The summed E-state index contributed by atoms with van der Waals surface area (Å²) in [6.07, 6.45) is 0. The molecule has 0 unspecified atom stereocenters. The number of rotatable bonds is 4. The Labute approximate surface area is 156 Å². The second kappa shape index (κ2) is 7.58. The quantitative estimate of drug-likeness (QED) is 0.630. The number of hydrogen-bond donors (Lipinski definition) is 1. The minimum absolute atomic E-state index is 0.286. The maximum atomic E-state index is 12.3. The van der Waals surface area contributed by atoms with Gasteiger partial charge in [0, 0.05) is 21.0 Å². The smallest absolute Gasteiger partial charge is 0.337 e. The van der Waals surface area contributed by atoms with E-state index >= 15 is 0 Å². The van der Waals surface area contributed by atoms with Crippen molar-refractivity contribution in [2.75, 3.05) is 12.4 Å². The Morgan fingerprint density at radius 2 is 1.84 bits per heavy atom. The van der Waals surface area contributed by atoms with Crippen LogP contribution in [0.4, 0.5) is 5.13 Å². The molecule has 126 valence electrons. The molecule has 3 rings (SSSR count). The molecule has 0 atom stereocenters. The predicted molar refractivity (Wildman–Crippen MR) is 101 cm³/mol. The molecule has 0 aliphatic carbocycles. The molecule has 0 bridgehead atoms. The van der Waals surface area contributed by atoms with E-state index in [0.717, 1.165) is 15.7 Å². The Hall–Kier alpha value is -2.51. The predicted octanol–water partition coefficient (Wildman–Crippen LogP) is 4.61. The number of nitrogens with zero attached hydrogens (tertiary/aromatic N) is 1. The SMILES string of the molecule is COC(=O)c1ccc(C(=O)Nc2nc(-c3cccc(Br)c3)cs2)cc1. The van der Waals surface area contributed by atoms with Gasteiger partial charge < -0.3 is 4.74 Å². The molecule has 1 aromatic heterocycles. The van der Waals surface area contributed by atoms with Gasteiger partial charge in [-0.1, -0.05) is 28.1 Å². The lowest BCUT2D eigenvalue weighted by atomic mass is 10.1. The Kier molecular flexibility index (Phi) is 5.25. The molecule has 1 heterocycles. The number of thiazole rings is 1. The fourth-order valence-corrected chi connectivity index (χ4v) is 3.27. The van der Waals surface area contributed by atoms with E-state index in [1.807, 2.05) is 29.6 Å². The number of nitrogens with one attached hydrogen (secondary N) is 1. The van der Waals surface area contributed by atoms with Gasteiger partial charge in [0.2, 0.25) is 0 Å². The van der Waals surface area contributed by atoms with Gasteiger partial charge >= 0.3 is 5.97 Å². The molecule has 0 saturated carbocycles. The number of anilines is 1. The fraction of sp³-hybridized carbons (Fsp3) is 0.0556. The molecule has 0 spiro atoms. The lowest BCUT2D eigenvalue weighted by molar-refractivity contribution is 0.0600. The van der Waals surface area contributed by atoms with Crippen molar-refractivity contribution < 1.29 is 14.3 Å². The summed E-state index contributed by atoms with van der Waals surface area (Å²) in [6, 6.07) is 14.0. The van der Waals surface area contributed by atoms with E-state index < -0.39 is 5.97 Å². The van der Waals surface area contributed by atoms with Crippen LogP contribution in [0.3, 0.4) is 0 Å². The Morgan fingerprint density at radius 3 is 2.52 bits per heavy atom. The topological polar surface area (TPSA) is 68.3 Å². The van der Waals surface area contributed by atoms with Crippen molar-refractivity contribution >= 4 is 44.3 Å². The molecule has 1 amide bonds. The Morgan fingerprint density at radius 1 is 1.12 bits per heavy atom. The summed E-state index contributed by atoms with van der Waals surface area (Å²) in [5.41, 5.74) is 2.59. The molecule has 25 heavy (non-hydrogen) atoms. The molecule has 3 aromatic rings. The first-order valence-corrected chi connectivity index (χ1v) is 8.95. The third kappa shape index (κ3) is 4.12. The normalized spacial score (nSPS) is 10.3. The van der Waals surface area contributed by atoms with Crippen LogP contribution >= 0.6 is 27.3 Å². The molecule has 0 fully saturated rings. The van der Waals surface area contributed by atoms with Gasteiger partial charge in [-0.25, -0.2) is 9.78 Å². The van der Waals surface area contributed by atoms with Gasteiger partial charge in [-0.15, -0.1) is 11.3 Å². The van der Waals surface area contributed by atoms with E-state index in [4.69, 9.17) is 0 Å². The van der Waals surface area contributed by atoms with Crippen LogP contribution in [0.15, 0.2) is 58.4 Å². The van der Waals surface area contributed by atoms with E-state index in [9.17, 15) is 9.59 Å². The van der Waals surface area contributed by atoms with Crippen molar-refractivity contribution in [2.45, 2.75) is 0 Å². The largest absolute Gasteiger partial charge is 0.465 e. The molecule has 5 nitrogen and oxygen atoms in total. The Balaban J connectivity index is 1.72. The number of carbonyl (C=O) groups excluding carboxylic acids is 2. The standard InChI is InChI=1S/C18H13BrN2O3S/c1-24-17(23)12-7-5-11(6-8-12)16(22)21-18-20-15(10-25-18)13-3-2-4-14(19)9-13/h2-10H,1H3,(H,20,21,22). The van der Waals surface area contributed by atoms with E-state index in [1.54, 1.807) is 24.3 Å². The molecular formula is C18H13BrN2O3S. The maximum absolute atomic E-state index is 12.3. The molecule has 0 radical (unpaired) electrons. The highest BCUT2D eigenvalue weighted by Crippen LogP contribution is 2.27. The summed E-state index contributed by atoms with van der Waals surface area (Å²) in [4.78, 5) is 28.1. The molecule has 2 aromatic carbocycles. The zero-order chi connectivity index (χ0) is 17.8. The van der Waals surface area contributed by atoms with E-state index in [-0.39, 0.29) is 5.91 Å². The number of halogens is 1. The second-order valence-corrected chi connectivity index (χ2v) is 6.85. The summed E-state index contributed by atoms with van der Waals surface area (Å²) < 4.78 is 5.60. The first-order valence-electron chi connectivity index (χ1n) is 7.28. The molecule has 7 heteroatoms. The van der Waals surface area contributed by atoms with Crippen LogP contribution in [0.5, 0.6) is 0 Å².